The largest absolute Gasteiger partial charge is 0.311 e. The van der Waals surface area contributed by atoms with Crippen molar-refractivity contribution in [2.45, 2.75) is 18.8 Å². The molecule has 0 radical (unpaired) electrons. The second-order valence-corrected chi connectivity index (χ2v) is 5.39. The number of nitrogens with zero attached hydrogens (tertiary/aromatic N) is 3. The molecule has 0 saturated heterocycles. The third kappa shape index (κ3) is 2.72. The molecule has 6 heteroatoms. The Labute approximate surface area is 121 Å². The monoisotopic (exact) mass is 377 g/mol. The van der Waals surface area contributed by atoms with E-state index in [1.807, 2.05) is 18.2 Å². The SMILES string of the molecule is CCn1c(CBr)nnc1-c1cc(Cl)cc(Br)c1. The molecule has 0 unspecified atom stereocenters. The number of halogens is 3. The van der Waals surface area contributed by atoms with Gasteiger partial charge in [0.25, 0.3) is 0 Å². The fourth-order valence-electron chi connectivity index (χ4n) is 1.66. The van der Waals surface area contributed by atoms with Crippen molar-refractivity contribution >= 4 is 43.5 Å². The van der Waals surface area contributed by atoms with Gasteiger partial charge in [-0.15, -0.1) is 10.2 Å². The highest BCUT2D eigenvalue weighted by Crippen LogP contribution is 2.27. The minimum absolute atomic E-state index is 0.681. The third-order valence-electron chi connectivity index (χ3n) is 2.38. The first-order valence-electron chi connectivity index (χ1n) is 5.10. The molecule has 0 spiro atoms. The predicted molar refractivity (Wildman–Crippen MR) is 76.5 cm³/mol. The van der Waals surface area contributed by atoms with Crippen molar-refractivity contribution < 1.29 is 0 Å². The average Bonchev–Trinajstić information content (AvgIpc) is 2.70. The first-order chi connectivity index (χ1) is 8.15. The Bertz CT molecular complexity index is 519. The van der Waals surface area contributed by atoms with E-state index in [2.05, 4.69) is 53.5 Å². The number of rotatable bonds is 3. The zero-order chi connectivity index (χ0) is 12.4. The van der Waals surface area contributed by atoms with Crippen molar-refractivity contribution in [3.8, 4) is 11.4 Å². The molecule has 1 aromatic heterocycles. The molecule has 1 heterocycles. The van der Waals surface area contributed by atoms with Crippen molar-refractivity contribution in [1.82, 2.24) is 14.8 Å². The Morgan fingerprint density at radius 2 is 2.06 bits per heavy atom. The number of benzene rings is 1. The zero-order valence-corrected chi connectivity index (χ0v) is 13.0. The van der Waals surface area contributed by atoms with Crippen LogP contribution in [0.3, 0.4) is 0 Å². The molecule has 0 amide bonds. The standard InChI is InChI=1S/C11H10Br2ClN3/c1-2-17-10(6-12)15-16-11(17)7-3-8(13)5-9(14)4-7/h3-5H,2,6H2,1H3. The summed E-state index contributed by atoms with van der Waals surface area (Å²) < 4.78 is 3.00. The van der Waals surface area contributed by atoms with Crippen LogP contribution in [-0.4, -0.2) is 14.8 Å². The summed E-state index contributed by atoms with van der Waals surface area (Å²) in [6.45, 7) is 2.89. The predicted octanol–water partition coefficient (Wildman–Crippen LogP) is 4.28. The average molecular weight is 379 g/mol. The molecule has 90 valence electrons. The molecule has 0 saturated carbocycles. The highest BCUT2D eigenvalue weighted by atomic mass is 79.9. The van der Waals surface area contributed by atoms with Gasteiger partial charge in [-0.3, -0.25) is 0 Å². The normalized spacial score (nSPS) is 10.8. The van der Waals surface area contributed by atoms with Gasteiger partial charge in [0.2, 0.25) is 0 Å². The fraction of sp³-hybridized carbons (Fsp3) is 0.273. The van der Waals surface area contributed by atoms with Crippen LogP contribution in [0, 0.1) is 0 Å². The van der Waals surface area contributed by atoms with Crippen molar-refractivity contribution in [1.29, 1.82) is 0 Å². The molecule has 0 aliphatic heterocycles. The summed E-state index contributed by atoms with van der Waals surface area (Å²) in [5.41, 5.74) is 0.964. The van der Waals surface area contributed by atoms with Crippen LogP contribution in [0.25, 0.3) is 11.4 Å². The molecule has 17 heavy (non-hydrogen) atoms. The van der Waals surface area contributed by atoms with Gasteiger partial charge in [0.15, 0.2) is 5.82 Å². The summed E-state index contributed by atoms with van der Waals surface area (Å²) in [7, 11) is 0. The van der Waals surface area contributed by atoms with E-state index in [0.29, 0.717) is 10.4 Å². The Kier molecular flexibility index (Phi) is 4.22. The molecule has 0 aliphatic carbocycles. The first kappa shape index (κ1) is 13.1. The van der Waals surface area contributed by atoms with Crippen LogP contribution in [0.2, 0.25) is 5.02 Å². The molecule has 0 bridgehead atoms. The summed E-state index contributed by atoms with van der Waals surface area (Å²) in [6.07, 6.45) is 0. The van der Waals surface area contributed by atoms with Gasteiger partial charge in [-0.1, -0.05) is 43.5 Å². The molecule has 0 aliphatic rings. The Morgan fingerprint density at radius 3 is 2.65 bits per heavy atom. The van der Waals surface area contributed by atoms with E-state index in [1.165, 1.54) is 0 Å². The van der Waals surface area contributed by atoms with Gasteiger partial charge in [0.1, 0.15) is 5.82 Å². The maximum atomic E-state index is 6.04. The van der Waals surface area contributed by atoms with Gasteiger partial charge in [-0.25, -0.2) is 0 Å². The Balaban J connectivity index is 2.55. The lowest BCUT2D eigenvalue weighted by Crippen LogP contribution is -2.01. The van der Waals surface area contributed by atoms with Gasteiger partial charge in [-0.05, 0) is 25.1 Å². The maximum absolute atomic E-state index is 6.04. The fourth-order valence-corrected chi connectivity index (χ4v) is 2.94. The first-order valence-corrected chi connectivity index (χ1v) is 7.39. The lowest BCUT2D eigenvalue weighted by atomic mass is 10.2. The van der Waals surface area contributed by atoms with Crippen molar-refractivity contribution in [2.75, 3.05) is 0 Å². The second kappa shape index (κ2) is 5.50. The summed E-state index contributed by atoms with van der Waals surface area (Å²) >= 11 is 12.9. The lowest BCUT2D eigenvalue weighted by Gasteiger charge is -2.06. The van der Waals surface area contributed by atoms with Crippen LogP contribution in [0.4, 0.5) is 0 Å². The van der Waals surface area contributed by atoms with Crippen LogP contribution in [0.15, 0.2) is 22.7 Å². The van der Waals surface area contributed by atoms with Gasteiger partial charge in [0.05, 0.1) is 5.33 Å². The van der Waals surface area contributed by atoms with Gasteiger partial charge >= 0.3 is 0 Å². The molecule has 0 atom stereocenters. The minimum Gasteiger partial charge on any atom is -0.311 e. The molecular formula is C11H10Br2ClN3. The van der Waals surface area contributed by atoms with Crippen LogP contribution < -0.4 is 0 Å². The van der Waals surface area contributed by atoms with Crippen LogP contribution in [0.5, 0.6) is 0 Å². The molecular weight excluding hydrogens is 369 g/mol. The second-order valence-electron chi connectivity index (χ2n) is 3.48. The van der Waals surface area contributed by atoms with Crippen LogP contribution in [-0.2, 0) is 11.9 Å². The summed E-state index contributed by atoms with van der Waals surface area (Å²) in [5, 5.41) is 9.73. The molecule has 0 fully saturated rings. The van der Waals surface area contributed by atoms with E-state index < -0.39 is 0 Å². The van der Waals surface area contributed by atoms with Crippen molar-refractivity contribution in [3.63, 3.8) is 0 Å². The number of alkyl halides is 1. The smallest absolute Gasteiger partial charge is 0.164 e. The Morgan fingerprint density at radius 1 is 1.29 bits per heavy atom. The molecule has 3 nitrogen and oxygen atoms in total. The van der Waals surface area contributed by atoms with Crippen LogP contribution in [0.1, 0.15) is 12.7 Å². The topological polar surface area (TPSA) is 30.7 Å². The lowest BCUT2D eigenvalue weighted by molar-refractivity contribution is 0.733. The van der Waals surface area contributed by atoms with Gasteiger partial charge < -0.3 is 4.57 Å². The van der Waals surface area contributed by atoms with E-state index in [1.54, 1.807) is 0 Å². The number of aromatic nitrogens is 3. The van der Waals surface area contributed by atoms with E-state index in [0.717, 1.165) is 28.2 Å². The number of hydrogen-bond donors (Lipinski definition) is 0. The van der Waals surface area contributed by atoms with Crippen molar-refractivity contribution in [2.24, 2.45) is 0 Å². The third-order valence-corrected chi connectivity index (χ3v) is 3.56. The maximum Gasteiger partial charge on any atom is 0.164 e. The summed E-state index contributed by atoms with van der Waals surface area (Å²) in [4.78, 5) is 0. The summed E-state index contributed by atoms with van der Waals surface area (Å²) in [6, 6.07) is 5.73. The molecule has 2 rings (SSSR count). The zero-order valence-electron chi connectivity index (χ0n) is 9.12. The van der Waals surface area contributed by atoms with Gasteiger partial charge in [0, 0.05) is 21.6 Å². The number of hydrogen-bond acceptors (Lipinski definition) is 2. The molecule has 2 aromatic rings. The highest BCUT2D eigenvalue weighted by molar-refractivity contribution is 9.10. The van der Waals surface area contributed by atoms with Gasteiger partial charge in [-0.2, -0.15) is 0 Å². The minimum atomic E-state index is 0.681. The highest BCUT2D eigenvalue weighted by Gasteiger charge is 2.12. The van der Waals surface area contributed by atoms with Crippen molar-refractivity contribution in [3.05, 3.63) is 33.5 Å². The van der Waals surface area contributed by atoms with Crippen LogP contribution >= 0.6 is 43.5 Å². The van der Waals surface area contributed by atoms with E-state index in [-0.39, 0.29) is 0 Å². The van der Waals surface area contributed by atoms with E-state index in [4.69, 9.17) is 11.6 Å². The van der Waals surface area contributed by atoms with E-state index >= 15 is 0 Å². The molecule has 1 aromatic carbocycles. The Hall–Kier alpha value is -0.390. The molecule has 0 N–H and O–H groups in total. The summed E-state index contributed by atoms with van der Waals surface area (Å²) in [5.74, 6) is 1.75. The quantitative estimate of drug-likeness (QED) is 0.746. The van der Waals surface area contributed by atoms with E-state index in [9.17, 15) is 0 Å².